The van der Waals surface area contributed by atoms with Gasteiger partial charge in [-0.3, -0.25) is 9.69 Å². The summed E-state index contributed by atoms with van der Waals surface area (Å²) in [5.41, 5.74) is 0.945. The van der Waals surface area contributed by atoms with Crippen molar-refractivity contribution in [1.82, 2.24) is 19.9 Å². The Kier molecular flexibility index (Phi) is 11.0. The monoisotopic (exact) mass is 780 g/mol. The number of aryl methyl sites for hydroxylation is 1. The van der Waals surface area contributed by atoms with E-state index in [1.54, 1.807) is 49.9 Å². The minimum Gasteiger partial charge on any atom is -0.488 e. The van der Waals surface area contributed by atoms with Gasteiger partial charge in [0, 0.05) is 42.9 Å². The first-order valence-electron chi connectivity index (χ1n) is 16.8. The van der Waals surface area contributed by atoms with E-state index in [0.29, 0.717) is 39.7 Å². The minimum atomic E-state index is -1.23. The number of ether oxygens (including phenoxy) is 2. The summed E-state index contributed by atoms with van der Waals surface area (Å²) in [6, 6.07) is 7.04. The van der Waals surface area contributed by atoms with E-state index in [4.69, 9.17) is 48.8 Å². The first-order chi connectivity index (χ1) is 24.6. The van der Waals surface area contributed by atoms with Crippen molar-refractivity contribution in [1.29, 1.82) is 0 Å². The molecular weight excluding hydrogens is 745 g/mol. The molecule has 278 valence electrons. The number of carbonyl (C=O) groups is 3. The third-order valence-corrected chi connectivity index (χ3v) is 10.2. The number of halogens is 5. The quantitative estimate of drug-likeness (QED) is 0.161. The van der Waals surface area contributed by atoms with Crippen LogP contribution in [-0.2, 0) is 22.5 Å². The van der Waals surface area contributed by atoms with Crippen molar-refractivity contribution in [2.45, 2.75) is 83.1 Å². The van der Waals surface area contributed by atoms with Gasteiger partial charge in [-0.25, -0.2) is 18.4 Å². The Morgan fingerprint density at radius 3 is 2.52 bits per heavy atom. The predicted octanol–water partition coefficient (Wildman–Crippen LogP) is 8.24. The van der Waals surface area contributed by atoms with Gasteiger partial charge in [0.05, 0.1) is 39.5 Å². The Morgan fingerprint density at radius 1 is 1.08 bits per heavy atom. The molecule has 16 heteroatoms. The van der Waals surface area contributed by atoms with Crippen molar-refractivity contribution in [2.24, 2.45) is 0 Å². The molecule has 3 heterocycles. The zero-order valence-corrected chi connectivity index (χ0v) is 30.9. The summed E-state index contributed by atoms with van der Waals surface area (Å²) >= 11 is 18.6. The number of hydrogen-bond acceptors (Lipinski definition) is 7. The number of fused-ring (bicyclic) bond motifs is 2. The number of carbonyl (C=O) groups excluding carboxylic acids is 2. The average Bonchev–Trinajstić information content (AvgIpc) is 3.81. The van der Waals surface area contributed by atoms with Crippen LogP contribution in [0.15, 0.2) is 46.5 Å². The highest BCUT2D eigenvalue weighted by molar-refractivity contribution is 6.42. The molecule has 1 saturated heterocycles. The van der Waals surface area contributed by atoms with Gasteiger partial charge in [-0.2, -0.15) is 0 Å². The Bertz CT molecular complexity index is 1910. The van der Waals surface area contributed by atoms with Crippen LogP contribution in [0, 0.1) is 11.6 Å². The lowest BCUT2D eigenvalue weighted by molar-refractivity contribution is -0.129. The standard InChI is InChI=1S/C36H37Cl3F2N4O7/c1-36(2,3)51-35(49)43-17-22-15-23(28-14-20(42-52-28)7-5-13-50-32-26(40)12-11-25(38)31(32)41)29(27(18-43)45(22)34(47)48)33(46)44(21-9-10-21)16-19-6-4-8-24(37)30(19)39/h4,6,8,11-12,14,21-22,27H,5,7,9-10,13,15-18H2,1-3H3,(H,47,48)/t22?,27-/m1/s1. The van der Waals surface area contributed by atoms with Crippen molar-refractivity contribution in [3.63, 3.8) is 0 Å². The molecule has 2 bridgehead atoms. The second-order valence-electron chi connectivity index (χ2n) is 14.0. The summed E-state index contributed by atoms with van der Waals surface area (Å²) < 4.78 is 45.1. The molecule has 2 aromatic carbocycles. The predicted molar refractivity (Wildman–Crippen MR) is 189 cm³/mol. The number of amides is 3. The van der Waals surface area contributed by atoms with Crippen LogP contribution >= 0.6 is 34.8 Å². The summed E-state index contributed by atoms with van der Waals surface area (Å²) in [6.07, 6.45) is 0.282. The highest BCUT2D eigenvalue weighted by Crippen LogP contribution is 2.42. The van der Waals surface area contributed by atoms with Gasteiger partial charge in [-0.05, 0) is 76.6 Å². The third kappa shape index (κ3) is 8.11. The highest BCUT2D eigenvalue weighted by atomic mass is 35.5. The SMILES string of the molecule is CC(C)(C)OC(=O)N1CC2CC(c3cc(CCCOc4c(F)ccc(Cl)c4F)no3)=C(C(=O)N(Cc3cccc(Cl)c3Cl)C3CC3)[C@@H](C1)N2C(=O)O. The van der Waals surface area contributed by atoms with Gasteiger partial charge in [0.25, 0.3) is 5.91 Å². The fraction of sp³-hybridized carbons (Fsp3) is 0.444. The van der Waals surface area contributed by atoms with E-state index in [1.165, 1.54) is 9.80 Å². The number of benzene rings is 2. The van der Waals surface area contributed by atoms with Gasteiger partial charge >= 0.3 is 12.2 Å². The fourth-order valence-corrected chi connectivity index (χ4v) is 7.11. The average molecular weight is 782 g/mol. The molecular formula is C36H37Cl3F2N4O7. The van der Waals surface area contributed by atoms with Gasteiger partial charge < -0.3 is 28.9 Å². The van der Waals surface area contributed by atoms with Gasteiger partial charge in [-0.1, -0.05) is 52.1 Å². The maximum absolute atomic E-state index is 14.9. The molecule has 6 rings (SSSR count). The number of aromatic nitrogens is 1. The molecule has 1 N–H and O–H groups in total. The van der Waals surface area contributed by atoms with Gasteiger partial charge in [-0.15, -0.1) is 0 Å². The number of nitrogens with zero attached hydrogens (tertiary/aromatic N) is 4. The summed E-state index contributed by atoms with van der Waals surface area (Å²) in [6.45, 7) is 5.18. The maximum Gasteiger partial charge on any atom is 0.410 e. The Labute approximate surface area is 313 Å². The lowest BCUT2D eigenvalue weighted by Crippen LogP contribution is -2.65. The van der Waals surface area contributed by atoms with Crippen LogP contribution in [0.4, 0.5) is 18.4 Å². The molecule has 3 aromatic rings. The smallest absolute Gasteiger partial charge is 0.410 e. The van der Waals surface area contributed by atoms with Crippen molar-refractivity contribution < 1.29 is 42.3 Å². The molecule has 1 saturated carbocycles. The summed E-state index contributed by atoms with van der Waals surface area (Å²) in [5.74, 6) is -2.59. The second kappa shape index (κ2) is 15.1. The molecule has 3 aliphatic rings. The third-order valence-electron chi connectivity index (χ3n) is 9.06. The lowest BCUT2D eigenvalue weighted by atomic mass is 9.83. The first kappa shape index (κ1) is 37.7. The van der Waals surface area contributed by atoms with Crippen LogP contribution in [0.2, 0.25) is 15.1 Å². The minimum absolute atomic E-state index is 0.0299. The lowest BCUT2D eigenvalue weighted by Gasteiger charge is -2.49. The van der Waals surface area contributed by atoms with Gasteiger partial charge in [0.2, 0.25) is 0 Å². The molecule has 1 aliphatic carbocycles. The molecule has 52 heavy (non-hydrogen) atoms. The van der Waals surface area contributed by atoms with Crippen LogP contribution in [0.25, 0.3) is 5.57 Å². The topological polar surface area (TPSA) is 126 Å². The first-order valence-corrected chi connectivity index (χ1v) is 17.9. The molecule has 3 amide bonds. The van der Waals surface area contributed by atoms with E-state index in [2.05, 4.69) is 5.16 Å². The largest absolute Gasteiger partial charge is 0.488 e. The van der Waals surface area contributed by atoms with E-state index in [0.717, 1.165) is 25.0 Å². The van der Waals surface area contributed by atoms with Crippen LogP contribution in [0.1, 0.15) is 63.5 Å². The number of rotatable bonds is 10. The van der Waals surface area contributed by atoms with Crippen molar-refractivity contribution in [3.8, 4) is 5.75 Å². The van der Waals surface area contributed by atoms with E-state index in [-0.39, 0.29) is 55.1 Å². The molecule has 1 unspecified atom stereocenters. The molecule has 0 radical (unpaired) electrons. The number of hydrogen-bond donors (Lipinski definition) is 1. The highest BCUT2D eigenvalue weighted by Gasteiger charge is 2.50. The van der Waals surface area contributed by atoms with Crippen molar-refractivity contribution in [2.75, 3.05) is 19.7 Å². The fourth-order valence-electron chi connectivity index (χ4n) is 6.58. The second-order valence-corrected chi connectivity index (χ2v) is 15.2. The molecule has 2 aliphatic heterocycles. The Balaban J connectivity index is 1.33. The maximum atomic E-state index is 14.9. The van der Waals surface area contributed by atoms with Crippen LogP contribution in [-0.4, -0.2) is 86.5 Å². The van der Waals surface area contributed by atoms with Crippen LogP contribution < -0.4 is 4.74 Å². The van der Waals surface area contributed by atoms with E-state index < -0.39 is 53.2 Å². The zero-order valence-electron chi connectivity index (χ0n) is 28.6. The van der Waals surface area contributed by atoms with E-state index in [9.17, 15) is 28.3 Å². The van der Waals surface area contributed by atoms with Crippen molar-refractivity contribution >= 4 is 58.5 Å². The zero-order chi connectivity index (χ0) is 37.5. The summed E-state index contributed by atoms with van der Waals surface area (Å²) in [4.78, 5) is 45.3. The number of carboxylic acid groups (broad SMARTS) is 1. The Hall–Kier alpha value is -4.07. The normalized spacial score (nSPS) is 18.8. The van der Waals surface area contributed by atoms with Gasteiger partial charge in [0.15, 0.2) is 23.1 Å². The summed E-state index contributed by atoms with van der Waals surface area (Å²) in [5, 5.41) is 15.0. The number of piperazine rings is 1. The molecule has 11 nitrogen and oxygen atoms in total. The van der Waals surface area contributed by atoms with Crippen molar-refractivity contribution in [3.05, 3.63) is 85.7 Å². The Morgan fingerprint density at radius 2 is 1.83 bits per heavy atom. The molecule has 2 fully saturated rings. The molecule has 2 atom stereocenters. The van der Waals surface area contributed by atoms with Crippen LogP contribution in [0.5, 0.6) is 5.75 Å². The molecule has 1 aromatic heterocycles. The van der Waals surface area contributed by atoms with E-state index in [1.807, 2.05) is 0 Å². The van der Waals surface area contributed by atoms with Crippen LogP contribution in [0.3, 0.4) is 0 Å². The van der Waals surface area contributed by atoms with E-state index >= 15 is 0 Å². The molecule has 0 spiro atoms. The summed E-state index contributed by atoms with van der Waals surface area (Å²) in [7, 11) is 0. The van der Waals surface area contributed by atoms with Gasteiger partial charge in [0.1, 0.15) is 5.60 Å².